The van der Waals surface area contributed by atoms with Crippen molar-refractivity contribution in [2.75, 3.05) is 10.6 Å². The van der Waals surface area contributed by atoms with E-state index in [1.807, 2.05) is 12.1 Å². The molecule has 0 spiro atoms. The molecule has 0 saturated heterocycles. The minimum absolute atomic E-state index is 0.611. The van der Waals surface area contributed by atoms with Crippen LogP contribution in [-0.4, -0.2) is 9.84 Å². The van der Waals surface area contributed by atoms with E-state index in [-0.39, 0.29) is 0 Å². The van der Waals surface area contributed by atoms with Crippen LogP contribution in [-0.2, 0) is 0 Å². The second-order valence-corrected chi connectivity index (χ2v) is 3.47. The van der Waals surface area contributed by atoms with Crippen LogP contribution in [0.3, 0.4) is 0 Å². The Balaban J connectivity index is 2.53. The van der Waals surface area contributed by atoms with Crippen molar-refractivity contribution in [1.29, 1.82) is 0 Å². The van der Waals surface area contributed by atoms with Crippen molar-refractivity contribution in [3.8, 4) is 0 Å². The van der Waals surface area contributed by atoms with Crippen LogP contribution in [0.4, 0.5) is 11.4 Å². The van der Waals surface area contributed by atoms with Gasteiger partial charge in [-0.15, -0.1) is 5.17 Å². The summed E-state index contributed by atoms with van der Waals surface area (Å²) >= 11 is 8.89. The van der Waals surface area contributed by atoms with E-state index >= 15 is 0 Å². The molecule has 64 valence electrons. The number of nitrogens with one attached hydrogen (secondary N) is 1. The molecule has 1 aromatic rings. The monoisotopic (exact) mass is 249 g/mol. The molecule has 12 heavy (non-hydrogen) atoms. The molecule has 0 atom stereocenters. The quantitative estimate of drug-likeness (QED) is 0.693. The number of hydrazine groups is 2. The van der Waals surface area contributed by atoms with E-state index in [9.17, 15) is 5.21 Å². The molecular formula is C6H5BrClN3O. The lowest BCUT2D eigenvalue weighted by atomic mass is 10.3. The molecule has 0 radical (unpaired) electrons. The first kappa shape index (κ1) is 8.12. The largest absolute Gasteiger partial charge is 0.281 e. The maximum Gasteiger partial charge on any atom is 0.111 e. The molecule has 0 fully saturated rings. The number of fused-ring (bicyclic) bond motifs is 1. The molecule has 1 heterocycles. The summed E-state index contributed by atoms with van der Waals surface area (Å²) in [5.74, 6) is 0. The van der Waals surface area contributed by atoms with E-state index in [0.717, 1.165) is 20.0 Å². The van der Waals surface area contributed by atoms with Gasteiger partial charge in [0.05, 0.1) is 5.69 Å². The lowest BCUT2D eigenvalue weighted by molar-refractivity contribution is 0.163. The predicted octanol–water partition coefficient (Wildman–Crippen LogP) is 2.36. The summed E-state index contributed by atoms with van der Waals surface area (Å²) in [5.41, 5.74) is 4.10. The maximum atomic E-state index is 9.32. The minimum atomic E-state index is 0.611. The molecule has 1 aliphatic heterocycles. The van der Waals surface area contributed by atoms with Gasteiger partial charge in [0.1, 0.15) is 5.69 Å². The van der Waals surface area contributed by atoms with Crippen LogP contribution in [0.5, 0.6) is 0 Å². The van der Waals surface area contributed by atoms with E-state index in [1.54, 1.807) is 6.07 Å². The normalized spacial score (nSPS) is 16.1. The minimum Gasteiger partial charge on any atom is -0.281 e. The number of halogens is 2. The highest BCUT2D eigenvalue weighted by atomic mass is 79.9. The molecule has 0 aliphatic carbocycles. The van der Waals surface area contributed by atoms with E-state index in [1.165, 1.54) is 0 Å². The standard InChI is InChI=1S/C6H5BrClN3O/c7-4-2-1-3-5-6(4)9-11(8)10(5)12/h1-3,9,12H. The van der Waals surface area contributed by atoms with Gasteiger partial charge in [0, 0.05) is 16.2 Å². The Labute approximate surface area is 82.5 Å². The van der Waals surface area contributed by atoms with Gasteiger partial charge in [-0.1, -0.05) is 6.07 Å². The molecule has 0 unspecified atom stereocenters. The lowest BCUT2D eigenvalue weighted by Crippen LogP contribution is -2.30. The summed E-state index contributed by atoms with van der Waals surface area (Å²) in [6, 6.07) is 5.41. The third-order valence-electron chi connectivity index (χ3n) is 1.58. The summed E-state index contributed by atoms with van der Waals surface area (Å²) in [6.45, 7) is 0. The van der Waals surface area contributed by atoms with Gasteiger partial charge in [-0.3, -0.25) is 10.6 Å². The maximum absolute atomic E-state index is 9.32. The topological polar surface area (TPSA) is 38.7 Å². The molecule has 0 aromatic heterocycles. The van der Waals surface area contributed by atoms with Crippen LogP contribution >= 0.6 is 27.7 Å². The third-order valence-corrected chi connectivity index (χ3v) is 2.47. The molecule has 1 aromatic carbocycles. The summed E-state index contributed by atoms with van der Waals surface area (Å²) in [5, 5.41) is 10.1. The van der Waals surface area contributed by atoms with Gasteiger partial charge in [-0.05, 0) is 32.7 Å². The predicted molar refractivity (Wildman–Crippen MR) is 49.7 cm³/mol. The van der Waals surface area contributed by atoms with E-state index in [0.29, 0.717) is 5.69 Å². The number of anilines is 2. The van der Waals surface area contributed by atoms with Crippen LogP contribution in [0.25, 0.3) is 0 Å². The van der Waals surface area contributed by atoms with Crippen LogP contribution < -0.4 is 10.6 Å². The Kier molecular flexibility index (Phi) is 1.88. The Bertz CT molecular complexity index is 322. The first-order valence-corrected chi connectivity index (χ1v) is 4.33. The second-order valence-electron chi connectivity index (χ2n) is 2.30. The Hall–Kier alpha value is -0.490. The highest BCUT2D eigenvalue weighted by molar-refractivity contribution is 9.10. The zero-order valence-corrected chi connectivity index (χ0v) is 8.17. The number of nitrogens with zero attached hydrogens (tertiary/aromatic N) is 2. The average molecular weight is 250 g/mol. The summed E-state index contributed by atoms with van der Waals surface area (Å²) in [4.78, 5) is 0. The molecular weight excluding hydrogens is 245 g/mol. The molecule has 0 bridgehead atoms. The van der Waals surface area contributed by atoms with Gasteiger partial charge in [0.15, 0.2) is 0 Å². The SMILES string of the molecule is ON1c2cccc(Br)c2NN1Cl. The fraction of sp³-hybridized carbons (Fsp3) is 0. The summed E-state index contributed by atoms with van der Waals surface area (Å²) in [7, 11) is 0. The van der Waals surface area contributed by atoms with E-state index in [4.69, 9.17) is 11.8 Å². The van der Waals surface area contributed by atoms with Crippen LogP contribution in [0.15, 0.2) is 22.7 Å². The Morgan fingerprint density at radius 3 is 2.92 bits per heavy atom. The first-order valence-electron chi connectivity index (χ1n) is 3.20. The summed E-state index contributed by atoms with van der Waals surface area (Å²) in [6.07, 6.45) is 0. The van der Waals surface area contributed by atoms with Crippen molar-refractivity contribution >= 4 is 39.1 Å². The van der Waals surface area contributed by atoms with Crippen LogP contribution in [0.1, 0.15) is 0 Å². The number of benzene rings is 1. The van der Waals surface area contributed by atoms with E-state index < -0.39 is 0 Å². The second kappa shape index (κ2) is 2.77. The molecule has 6 heteroatoms. The van der Waals surface area contributed by atoms with Crippen molar-refractivity contribution in [2.24, 2.45) is 0 Å². The fourth-order valence-corrected chi connectivity index (χ4v) is 1.63. The average Bonchev–Trinajstić information content (AvgIpc) is 2.32. The zero-order chi connectivity index (χ0) is 8.72. The Morgan fingerprint density at radius 1 is 1.50 bits per heavy atom. The number of hydrogen-bond acceptors (Lipinski definition) is 4. The van der Waals surface area contributed by atoms with Gasteiger partial charge >= 0.3 is 0 Å². The highest BCUT2D eigenvalue weighted by Crippen LogP contribution is 2.38. The highest BCUT2D eigenvalue weighted by Gasteiger charge is 2.25. The number of rotatable bonds is 0. The molecule has 0 saturated carbocycles. The molecule has 2 rings (SSSR count). The number of para-hydroxylation sites is 1. The van der Waals surface area contributed by atoms with Gasteiger partial charge < -0.3 is 0 Å². The number of hydrogen-bond donors (Lipinski definition) is 2. The van der Waals surface area contributed by atoms with Gasteiger partial charge in [-0.2, -0.15) is 0 Å². The van der Waals surface area contributed by atoms with Crippen molar-refractivity contribution in [3.05, 3.63) is 22.7 Å². The van der Waals surface area contributed by atoms with Crippen molar-refractivity contribution in [3.63, 3.8) is 0 Å². The zero-order valence-electron chi connectivity index (χ0n) is 5.83. The molecule has 4 nitrogen and oxygen atoms in total. The van der Waals surface area contributed by atoms with Crippen molar-refractivity contribution in [1.82, 2.24) is 4.64 Å². The van der Waals surface area contributed by atoms with Crippen LogP contribution in [0, 0.1) is 0 Å². The smallest absolute Gasteiger partial charge is 0.111 e. The Morgan fingerprint density at radius 2 is 2.25 bits per heavy atom. The van der Waals surface area contributed by atoms with Gasteiger partial charge in [0.2, 0.25) is 0 Å². The molecule has 1 aliphatic rings. The molecule has 0 amide bonds. The first-order chi connectivity index (χ1) is 5.70. The van der Waals surface area contributed by atoms with E-state index in [2.05, 4.69) is 21.4 Å². The van der Waals surface area contributed by atoms with Gasteiger partial charge in [0.25, 0.3) is 0 Å². The lowest BCUT2D eigenvalue weighted by Gasteiger charge is -2.13. The molecule has 2 N–H and O–H groups in total. The van der Waals surface area contributed by atoms with Gasteiger partial charge in [-0.25, -0.2) is 0 Å². The third kappa shape index (κ3) is 1.06. The fourth-order valence-electron chi connectivity index (χ4n) is 1.02. The summed E-state index contributed by atoms with van der Waals surface area (Å²) < 4.78 is 1.82. The van der Waals surface area contributed by atoms with Crippen molar-refractivity contribution < 1.29 is 5.21 Å². The van der Waals surface area contributed by atoms with Crippen molar-refractivity contribution in [2.45, 2.75) is 0 Å². The van der Waals surface area contributed by atoms with Crippen LogP contribution in [0.2, 0.25) is 0 Å².